The molecule has 8 heteroatoms. The molecular weight excluding hydrogens is 383 g/mol. The van der Waals surface area contributed by atoms with Crippen molar-refractivity contribution < 1.29 is 13.6 Å². The van der Waals surface area contributed by atoms with Crippen molar-refractivity contribution in [3.8, 4) is 11.1 Å². The summed E-state index contributed by atoms with van der Waals surface area (Å²) in [5.41, 5.74) is 2.96. The summed E-state index contributed by atoms with van der Waals surface area (Å²) in [5.74, 6) is -3.20. The second-order valence-electron chi connectivity index (χ2n) is 6.09. The predicted octanol–water partition coefficient (Wildman–Crippen LogP) is 3.77. The maximum Gasteiger partial charge on any atom is 0.262 e. The van der Waals surface area contributed by atoms with Crippen LogP contribution < -0.4 is 10.6 Å². The molecule has 3 rings (SSSR count). The summed E-state index contributed by atoms with van der Waals surface area (Å²) in [4.78, 5) is 16.2. The highest BCUT2D eigenvalue weighted by Crippen LogP contribution is 2.26. The van der Waals surface area contributed by atoms with E-state index in [1.807, 2.05) is 43.3 Å². The molecular formula is C18H21Cl2F2N3O. The summed E-state index contributed by atoms with van der Waals surface area (Å²) in [7, 11) is 0. The Morgan fingerprint density at radius 2 is 1.92 bits per heavy atom. The highest BCUT2D eigenvalue weighted by molar-refractivity contribution is 5.85. The van der Waals surface area contributed by atoms with Crippen LogP contribution in [0.4, 0.5) is 8.78 Å². The Labute approximate surface area is 163 Å². The van der Waals surface area contributed by atoms with Gasteiger partial charge in [-0.3, -0.25) is 15.1 Å². The first kappa shape index (κ1) is 22.3. The molecule has 2 atom stereocenters. The van der Waals surface area contributed by atoms with Gasteiger partial charge in [0.2, 0.25) is 5.91 Å². The molecule has 1 aromatic heterocycles. The molecule has 1 fully saturated rings. The topological polar surface area (TPSA) is 54.0 Å². The normalized spacial score (nSPS) is 19.0. The second kappa shape index (κ2) is 9.26. The number of amides is 1. The van der Waals surface area contributed by atoms with Crippen molar-refractivity contribution in [1.29, 1.82) is 0 Å². The highest BCUT2D eigenvalue weighted by Gasteiger charge is 2.42. The summed E-state index contributed by atoms with van der Waals surface area (Å²) in [5, 5.41) is 5.35. The van der Waals surface area contributed by atoms with Crippen LogP contribution in [-0.4, -0.2) is 29.4 Å². The molecule has 1 aliphatic heterocycles. The minimum absolute atomic E-state index is 0. The third kappa shape index (κ3) is 5.37. The second-order valence-corrected chi connectivity index (χ2v) is 6.09. The van der Waals surface area contributed by atoms with Crippen LogP contribution in [0.15, 0.2) is 48.8 Å². The van der Waals surface area contributed by atoms with E-state index in [0.717, 1.165) is 16.7 Å². The number of halogens is 4. The summed E-state index contributed by atoms with van der Waals surface area (Å²) in [6.07, 6.45) is 3.05. The summed E-state index contributed by atoms with van der Waals surface area (Å²) < 4.78 is 26.3. The summed E-state index contributed by atoms with van der Waals surface area (Å²) >= 11 is 0. The Morgan fingerprint density at radius 1 is 1.23 bits per heavy atom. The fourth-order valence-electron chi connectivity index (χ4n) is 2.80. The van der Waals surface area contributed by atoms with Crippen molar-refractivity contribution in [2.24, 2.45) is 0 Å². The van der Waals surface area contributed by atoms with Gasteiger partial charge in [0.25, 0.3) is 5.92 Å². The Morgan fingerprint density at radius 3 is 2.46 bits per heavy atom. The molecule has 1 amide bonds. The first-order valence-corrected chi connectivity index (χ1v) is 7.86. The van der Waals surface area contributed by atoms with Gasteiger partial charge in [-0.1, -0.05) is 30.3 Å². The molecule has 0 aliphatic carbocycles. The number of nitrogens with zero attached hydrogens (tertiary/aromatic N) is 1. The van der Waals surface area contributed by atoms with Crippen molar-refractivity contribution in [3.05, 3.63) is 54.4 Å². The molecule has 1 saturated heterocycles. The number of hydrogen-bond donors (Lipinski definition) is 2. The van der Waals surface area contributed by atoms with Crippen LogP contribution in [0.25, 0.3) is 11.1 Å². The van der Waals surface area contributed by atoms with Gasteiger partial charge in [0, 0.05) is 18.8 Å². The third-order valence-electron chi connectivity index (χ3n) is 4.19. The van der Waals surface area contributed by atoms with Gasteiger partial charge >= 0.3 is 0 Å². The van der Waals surface area contributed by atoms with Crippen LogP contribution in [0, 0.1) is 0 Å². The molecule has 0 spiro atoms. The van der Waals surface area contributed by atoms with Crippen LogP contribution >= 0.6 is 24.8 Å². The first-order chi connectivity index (χ1) is 11.4. The zero-order valence-electron chi connectivity index (χ0n) is 14.1. The molecule has 0 saturated carbocycles. The molecule has 1 aliphatic rings. The Hall–Kier alpha value is -1.76. The quantitative estimate of drug-likeness (QED) is 0.816. The lowest BCUT2D eigenvalue weighted by Gasteiger charge is -2.18. The van der Waals surface area contributed by atoms with Gasteiger partial charge in [-0.25, -0.2) is 8.78 Å². The highest BCUT2D eigenvalue weighted by atomic mass is 35.5. The molecule has 4 nitrogen and oxygen atoms in total. The number of carbonyl (C=O) groups is 1. The number of nitrogens with one attached hydrogen (secondary N) is 2. The number of hydrogen-bond acceptors (Lipinski definition) is 3. The van der Waals surface area contributed by atoms with Gasteiger partial charge in [0.1, 0.15) is 0 Å². The zero-order valence-corrected chi connectivity index (χ0v) is 15.7. The molecule has 2 unspecified atom stereocenters. The van der Waals surface area contributed by atoms with E-state index in [9.17, 15) is 13.6 Å². The zero-order chi connectivity index (χ0) is 17.2. The minimum Gasteiger partial charge on any atom is -0.348 e. The monoisotopic (exact) mass is 403 g/mol. The van der Waals surface area contributed by atoms with E-state index < -0.39 is 30.8 Å². The van der Waals surface area contributed by atoms with E-state index in [2.05, 4.69) is 15.6 Å². The van der Waals surface area contributed by atoms with E-state index in [1.54, 1.807) is 12.4 Å². The van der Waals surface area contributed by atoms with Crippen LogP contribution in [0.2, 0.25) is 0 Å². The fourth-order valence-corrected chi connectivity index (χ4v) is 2.80. The Balaban J connectivity index is 0.00000169. The van der Waals surface area contributed by atoms with E-state index in [1.165, 1.54) is 0 Å². The number of rotatable bonds is 4. The van der Waals surface area contributed by atoms with E-state index in [-0.39, 0.29) is 30.9 Å². The summed E-state index contributed by atoms with van der Waals surface area (Å²) in [6, 6.07) is 10.5. The lowest BCUT2D eigenvalue weighted by atomic mass is 10.0. The average Bonchev–Trinajstić information content (AvgIpc) is 2.96. The lowest BCUT2D eigenvalue weighted by molar-refractivity contribution is -0.124. The SMILES string of the molecule is CC(NC(=O)C1CC(F)(F)CN1)c1ccc(-c2cccnc2)cc1.Cl.Cl. The Kier molecular flexibility index (Phi) is 7.93. The maximum absolute atomic E-state index is 13.2. The smallest absolute Gasteiger partial charge is 0.262 e. The Bertz CT molecular complexity index is 714. The molecule has 0 radical (unpaired) electrons. The van der Waals surface area contributed by atoms with Gasteiger partial charge in [-0.05, 0) is 29.7 Å². The molecule has 1 aromatic carbocycles. The average molecular weight is 404 g/mol. The van der Waals surface area contributed by atoms with E-state index >= 15 is 0 Å². The van der Waals surface area contributed by atoms with Gasteiger partial charge in [-0.2, -0.15) is 0 Å². The number of benzene rings is 1. The standard InChI is InChI=1S/C18H19F2N3O.2ClH/c1-12(23-17(24)16-9-18(19,20)11-22-16)13-4-6-14(7-5-13)15-3-2-8-21-10-15;;/h2-8,10,12,16,22H,9,11H2,1H3,(H,23,24);2*1H. The van der Waals surface area contributed by atoms with Crippen LogP contribution in [0.3, 0.4) is 0 Å². The first-order valence-electron chi connectivity index (χ1n) is 7.86. The molecule has 2 aromatic rings. The van der Waals surface area contributed by atoms with Crippen LogP contribution in [0.5, 0.6) is 0 Å². The lowest BCUT2D eigenvalue weighted by Crippen LogP contribution is -2.41. The van der Waals surface area contributed by atoms with Crippen molar-refractivity contribution in [3.63, 3.8) is 0 Å². The van der Waals surface area contributed by atoms with E-state index in [0.29, 0.717) is 0 Å². The minimum atomic E-state index is -2.81. The number of pyridine rings is 1. The molecule has 2 N–H and O–H groups in total. The molecule has 26 heavy (non-hydrogen) atoms. The van der Waals surface area contributed by atoms with E-state index in [4.69, 9.17) is 0 Å². The van der Waals surface area contributed by atoms with Gasteiger partial charge < -0.3 is 5.32 Å². The van der Waals surface area contributed by atoms with Gasteiger partial charge in [0.05, 0.1) is 18.6 Å². The number of alkyl halides is 2. The maximum atomic E-state index is 13.2. The van der Waals surface area contributed by atoms with Crippen molar-refractivity contribution in [1.82, 2.24) is 15.6 Å². The molecule has 0 bridgehead atoms. The van der Waals surface area contributed by atoms with Crippen molar-refractivity contribution >= 4 is 30.7 Å². The van der Waals surface area contributed by atoms with Crippen molar-refractivity contribution in [2.45, 2.75) is 31.4 Å². The van der Waals surface area contributed by atoms with Gasteiger partial charge in [0.15, 0.2) is 0 Å². The number of aromatic nitrogens is 1. The molecule has 142 valence electrons. The third-order valence-corrected chi connectivity index (χ3v) is 4.19. The largest absolute Gasteiger partial charge is 0.348 e. The predicted molar refractivity (Wildman–Crippen MR) is 102 cm³/mol. The van der Waals surface area contributed by atoms with Crippen LogP contribution in [0.1, 0.15) is 24.9 Å². The molecule has 2 heterocycles. The van der Waals surface area contributed by atoms with Crippen LogP contribution in [-0.2, 0) is 4.79 Å². The fraction of sp³-hybridized carbons (Fsp3) is 0.333. The summed E-state index contributed by atoms with van der Waals surface area (Å²) in [6.45, 7) is 1.39. The number of carbonyl (C=O) groups excluding carboxylic acids is 1. The van der Waals surface area contributed by atoms with Gasteiger partial charge in [-0.15, -0.1) is 24.8 Å². The van der Waals surface area contributed by atoms with Crippen molar-refractivity contribution in [2.75, 3.05) is 6.54 Å².